The number of hydrogen-bond donors (Lipinski definition) is 2. The Kier molecular flexibility index (Phi) is 4.65. The van der Waals surface area contributed by atoms with E-state index in [1.165, 1.54) is 17.5 Å². The predicted molar refractivity (Wildman–Crippen MR) is 110 cm³/mol. The molecule has 1 saturated heterocycles. The monoisotopic (exact) mass is 419 g/mol. The SMILES string of the molecule is [C-]#[N+]c1ccc2c(Nc3cc(N4OCC[C@@H]4c4cccc(F)c4F)ncn3)n[nH]c2c1. The first-order chi connectivity index (χ1) is 15.1. The Balaban J connectivity index is 1.44. The molecule has 0 spiro atoms. The van der Waals surface area contributed by atoms with Crippen LogP contribution in [-0.2, 0) is 4.84 Å². The van der Waals surface area contributed by atoms with Gasteiger partial charge in [0, 0.05) is 23.4 Å². The number of aromatic amines is 1. The summed E-state index contributed by atoms with van der Waals surface area (Å²) in [4.78, 5) is 17.5. The van der Waals surface area contributed by atoms with Crippen LogP contribution in [0, 0.1) is 18.2 Å². The van der Waals surface area contributed by atoms with Crippen molar-refractivity contribution < 1.29 is 13.6 Å². The van der Waals surface area contributed by atoms with E-state index in [0.717, 1.165) is 17.0 Å². The zero-order chi connectivity index (χ0) is 21.4. The molecule has 1 fully saturated rings. The lowest BCUT2D eigenvalue weighted by molar-refractivity contribution is 0.156. The summed E-state index contributed by atoms with van der Waals surface area (Å²) in [6, 6.07) is 10.4. The molecule has 1 aliphatic heterocycles. The molecule has 8 nitrogen and oxygen atoms in total. The second kappa shape index (κ2) is 7.62. The summed E-state index contributed by atoms with van der Waals surface area (Å²) in [5.41, 5.74) is 1.43. The van der Waals surface area contributed by atoms with Crippen molar-refractivity contribution in [3.8, 4) is 0 Å². The average Bonchev–Trinajstić information content (AvgIpc) is 3.43. The van der Waals surface area contributed by atoms with Crippen molar-refractivity contribution in [2.24, 2.45) is 0 Å². The number of anilines is 3. The van der Waals surface area contributed by atoms with Crippen LogP contribution in [0.1, 0.15) is 18.0 Å². The minimum Gasteiger partial charge on any atom is -0.323 e. The van der Waals surface area contributed by atoms with Gasteiger partial charge in [0.2, 0.25) is 0 Å². The highest BCUT2D eigenvalue weighted by Crippen LogP contribution is 2.36. The van der Waals surface area contributed by atoms with Gasteiger partial charge in [0.25, 0.3) is 0 Å². The van der Waals surface area contributed by atoms with Gasteiger partial charge < -0.3 is 5.32 Å². The van der Waals surface area contributed by atoms with Crippen LogP contribution < -0.4 is 10.4 Å². The lowest BCUT2D eigenvalue weighted by Gasteiger charge is -2.24. The van der Waals surface area contributed by atoms with Gasteiger partial charge in [-0.2, -0.15) is 5.10 Å². The van der Waals surface area contributed by atoms with Crippen molar-refractivity contribution in [2.45, 2.75) is 12.5 Å². The van der Waals surface area contributed by atoms with E-state index in [9.17, 15) is 8.78 Å². The number of benzene rings is 2. The van der Waals surface area contributed by atoms with E-state index in [-0.39, 0.29) is 5.56 Å². The lowest BCUT2D eigenvalue weighted by Crippen LogP contribution is -2.23. The fraction of sp³-hybridized carbons (Fsp3) is 0.143. The highest BCUT2D eigenvalue weighted by molar-refractivity contribution is 5.93. The summed E-state index contributed by atoms with van der Waals surface area (Å²) in [5.74, 6) is -0.412. The van der Waals surface area contributed by atoms with Crippen molar-refractivity contribution in [2.75, 3.05) is 17.0 Å². The van der Waals surface area contributed by atoms with Gasteiger partial charge in [-0.25, -0.2) is 28.7 Å². The van der Waals surface area contributed by atoms with Crippen molar-refractivity contribution in [3.63, 3.8) is 0 Å². The molecule has 0 amide bonds. The molecule has 1 atom stereocenters. The normalized spacial score (nSPS) is 15.9. The molecule has 0 radical (unpaired) electrons. The Labute approximate surface area is 175 Å². The third kappa shape index (κ3) is 3.41. The van der Waals surface area contributed by atoms with Crippen molar-refractivity contribution in [3.05, 3.63) is 77.4 Å². The minimum absolute atomic E-state index is 0.208. The second-order valence-corrected chi connectivity index (χ2v) is 6.91. The highest BCUT2D eigenvalue weighted by Gasteiger charge is 2.32. The topological polar surface area (TPSA) is 83.3 Å². The van der Waals surface area contributed by atoms with Gasteiger partial charge in [0.05, 0.1) is 24.7 Å². The van der Waals surface area contributed by atoms with E-state index >= 15 is 0 Å². The van der Waals surface area contributed by atoms with E-state index in [1.807, 2.05) is 0 Å². The molecule has 154 valence electrons. The van der Waals surface area contributed by atoms with Crippen LogP contribution in [-0.4, -0.2) is 26.8 Å². The van der Waals surface area contributed by atoms with Crippen LogP contribution in [0.25, 0.3) is 15.7 Å². The Bertz CT molecular complexity index is 1320. The summed E-state index contributed by atoms with van der Waals surface area (Å²) in [7, 11) is 0. The standard InChI is InChI=1S/C21H15F2N7O/c1-24-12-5-6-13-16(9-12)28-29-21(13)27-18-10-19(26-11-25-18)30-17(7-8-31-30)14-3-2-4-15(22)20(14)23/h2-6,9-11,17H,7-8H2,(H2,25,26,27,28,29)/t17-/m1/s1. The van der Waals surface area contributed by atoms with E-state index in [2.05, 4.69) is 30.3 Å². The maximum atomic E-state index is 14.3. The largest absolute Gasteiger partial charge is 0.323 e. The number of hydroxylamine groups is 1. The fourth-order valence-corrected chi connectivity index (χ4v) is 3.59. The smallest absolute Gasteiger partial charge is 0.189 e. The van der Waals surface area contributed by atoms with Crippen LogP contribution >= 0.6 is 0 Å². The zero-order valence-corrected chi connectivity index (χ0v) is 16.0. The van der Waals surface area contributed by atoms with Gasteiger partial charge in [-0.15, -0.1) is 0 Å². The molecule has 1 aliphatic rings. The number of rotatable bonds is 4. The molecule has 31 heavy (non-hydrogen) atoms. The predicted octanol–water partition coefficient (Wildman–Crippen LogP) is 4.81. The Morgan fingerprint density at radius 2 is 2.10 bits per heavy atom. The molecule has 2 N–H and O–H groups in total. The summed E-state index contributed by atoms with van der Waals surface area (Å²) in [6.07, 6.45) is 1.84. The zero-order valence-electron chi connectivity index (χ0n) is 16.0. The molecule has 0 bridgehead atoms. The van der Waals surface area contributed by atoms with Crippen LogP contribution in [0.5, 0.6) is 0 Å². The number of hydrogen-bond acceptors (Lipinski definition) is 6. The first-order valence-corrected chi connectivity index (χ1v) is 9.45. The fourth-order valence-electron chi connectivity index (χ4n) is 3.59. The molecular formula is C21H15F2N7O. The van der Waals surface area contributed by atoms with Crippen LogP contribution in [0.4, 0.5) is 31.9 Å². The molecule has 4 aromatic rings. The second-order valence-electron chi connectivity index (χ2n) is 6.91. The Morgan fingerprint density at radius 1 is 1.19 bits per heavy atom. The minimum atomic E-state index is -0.902. The molecule has 2 aromatic carbocycles. The molecule has 0 saturated carbocycles. The van der Waals surface area contributed by atoms with Gasteiger partial charge in [-0.1, -0.05) is 24.3 Å². The average molecular weight is 419 g/mol. The number of aromatic nitrogens is 4. The molecule has 2 aromatic heterocycles. The van der Waals surface area contributed by atoms with Crippen LogP contribution in [0.3, 0.4) is 0 Å². The third-order valence-electron chi connectivity index (χ3n) is 5.05. The summed E-state index contributed by atoms with van der Waals surface area (Å²) < 4.78 is 28.1. The summed E-state index contributed by atoms with van der Waals surface area (Å²) in [6.45, 7) is 7.46. The quantitative estimate of drug-likeness (QED) is 0.462. The summed E-state index contributed by atoms with van der Waals surface area (Å²) in [5, 5.41) is 12.5. The number of nitrogens with zero attached hydrogens (tertiary/aromatic N) is 5. The number of halogens is 2. The van der Waals surface area contributed by atoms with Crippen molar-refractivity contribution >= 4 is 34.0 Å². The molecule has 0 unspecified atom stereocenters. The maximum absolute atomic E-state index is 14.3. The molecule has 5 rings (SSSR count). The van der Waals surface area contributed by atoms with Crippen LogP contribution in [0.15, 0.2) is 48.8 Å². The number of H-pyrrole nitrogens is 1. The lowest BCUT2D eigenvalue weighted by atomic mass is 10.0. The number of fused-ring (bicyclic) bond motifs is 1. The van der Waals surface area contributed by atoms with E-state index in [4.69, 9.17) is 11.4 Å². The van der Waals surface area contributed by atoms with Gasteiger partial charge in [-0.3, -0.25) is 9.94 Å². The van der Waals surface area contributed by atoms with Crippen molar-refractivity contribution in [1.29, 1.82) is 0 Å². The van der Waals surface area contributed by atoms with Gasteiger partial charge in [0.1, 0.15) is 12.1 Å². The van der Waals surface area contributed by atoms with E-state index in [1.54, 1.807) is 30.3 Å². The Morgan fingerprint density at radius 3 is 2.97 bits per heavy atom. The summed E-state index contributed by atoms with van der Waals surface area (Å²) >= 11 is 0. The maximum Gasteiger partial charge on any atom is 0.189 e. The highest BCUT2D eigenvalue weighted by atomic mass is 19.2. The Hall–Kier alpha value is -4.10. The van der Waals surface area contributed by atoms with E-state index < -0.39 is 17.7 Å². The first kappa shape index (κ1) is 18.9. The first-order valence-electron chi connectivity index (χ1n) is 9.45. The van der Waals surface area contributed by atoms with Gasteiger partial charge >= 0.3 is 0 Å². The van der Waals surface area contributed by atoms with E-state index in [0.29, 0.717) is 36.2 Å². The third-order valence-corrected chi connectivity index (χ3v) is 5.05. The molecule has 10 heteroatoms. The van der Waals surface area contributed by atoms with Crippen molar-refractivity contribution in [1.82, 2.24) is 20.2 Å². The molecular weight excluding hydrogens is 404 g/mol. The van der Waals surface area contributed by atoms with Crippen LogP contribution in [0.2, 0.25) is 0 Å². The van der Waals surface area contributed by atoms with Gasteiger partial charge in [0.15, 0.2) is 29.0 Å². The molecule has 3 heterocycles. The number of nitrogens with one attached hydrogen (secondary N) is 2. The van der Waals surface area contributed by atoms with Gasteiger partial charge in [-0.05, 0) is 12.1 Å². The molecule has 0 aliphatic carbocycles.